The number of para-hydroxylation sites is 1. The van der Waals surface area contributed by atoms with Gasteiger partial charge in [0.15, 0.2) is 15.0 Å². The van der Waals surface area contributed by atoms with Gasteiger partial charge in [0.25, 0.3) is 5.91 Å². The average molecular weight is 485 g/mol. The van der Waals surface area contributed by atoms with Gasteiger partial charge in [-0.05, 0) is 49.7 Å². The maximum Gasteiger partial charge on any atom is 0.260 e. The molecule has 8 nitrogen and oxygen atoms in total. The van der Waals surface area contributed by atoms with Gasteiger partial charge in [-0.25, -0.2) is 18.4 Å². The molecule has 0 unspecified atom stereocenters. The highest BCUT2D eigenvalue weighted by atomic mass is 32.2. The molecule has 2 aromatic heterocycles. The SMILES string of the molecule is CCOc1cccc2sc(N(CCCn3ccnc3)C(=O)c3ccc(S(C)(=O)=O)cc3)nc12. The number of rotatable bonds is 9. The van der Waals surface area contributed by atoms with Crippen LogP contribution in [0.4, 0.5) is 5.13 Å². The fourth-order valence-electron chi connectivity index (χ4n) is 3.41. The Bertz CT molecular complexity index is 1350. The van der Waals surface area contributed by atoms with Gasteiger partial charge in [-0.3, -0.25) is 9.69 Å². The van der Waals surface area contributed by atoms with Gasteiger partial charge in [-0.1, -0.05) is 17.4 Å². The maximum atomic E-state index is 13.5. The molecule has 2 aromatic carbocycles. The molecular formula is C23H24N4O4S2. The molecule has 0 saturated heterocycles. The third kappa shape index (κ3) is 5.23. The lowest BCUT2D eigenvalue weighted by atomic mass is 10.2. The molecule has 0 atom stereocenters. The lowest BCUT2D eigenvalue weighted by Crippen LogP contribution is -2.32. The Morgan fingerprint density at radius 1 is 1.18 bits per heavy atom. The number of anilines is 1. The fraction of sp³-hybridized carbons (Fsp3) is 0.261. The number of imidazole rings is 1. The van der Waals surface area contributed by atoms with E-state index in [1.807, 2.05) is 35.9 Å². The van der Waals surface area contributed by atoms with Crippen LogP contribution in [0.3, 0.4) is 0 Å². The van der Waals surface area contributed by atoms with Gasteiger partial charge in [-0.2, -0.15) is 0 Å². The molecule has 10 heteroatoms. The van der Waals surface area contributed by atoms with Gasteiger partial charge in [0.05, 0.1) is 22.5 Å². The molecule has 2 heterocycles. The van der Waals surface area contributed by atoms with E-state index >= 15 is 0 Å². The van der Waals surface area contributed by atoms with E-state index < -0.39 is 9.84 Å². The number of amides is 1. The van der Waals surface area contributed by atoms with Crippen LogP contribution in [0.5, 0.6) is 5.75 Å². The molecule has 4 rings (SSSR count). The van der Waals surface area contributed by atoms with E-state index in [0.717, 1.165) is 16.5 Å². The topological polar surface area (TPSA) is 94.4 Å². The highest BCUT2D eigenvalue weighted by Gasteiger charge is 2.22. The Morgan fingerprint density at radius 2 is 1.97 bits per heavy atom. The van der Waals surface area contributed by atoms with Crippen LogP contribution in [0.25, 0.3) is 10.2 Å². The predicted molar refractivity (Wildman–Crippen MR) is 129 cm³/mol. The first-order valence-corrected chi connectivity index (χ1v) is 13.2. The van der Waals surface area contributed by atoms with Crippen LogP contribution >= 0.6 is 11.3 Å². The van der Waals surface area contributed by atoms with E-state index in [1.165, 1.54) is 23.5 Å². The summed E-state index contributed by atoms with van der Waals surface area (Å²) >= 11 is 1.42. The van der Waals surface area contributed by atoms with Crippen molar-refractivity contribution in [3.05, 3.63) is 66.7 Å². The van der Waals surface area contributed by atoms with Crippen molar-refractivity contribution in [3.8, 4) is 5.75 Å². The van der Waals surface area contributed by atoms with Crippen LogP contribution in [0.15, 0.2) is 66.1 Å². The Labute approximate surface area is 196 Å². The third-order valence-electron chi connectivity index (χ3n) is 5.03. The molecule has 0 bridgehead atoms. The van der Waals surface area contributed by atoms with Crippen LogP contribution in [-0.2, 0) is 16.4 Å². The van der Waals surface area contributed by atoms with Gasteiger partial charge < -0.3 is 9.30 Å². The number of hydrogen-bond acceptors (Lipinski definition) is 7. The van der Waals surface area contributed by atoms with Crippen LogP contribution in [0.1, 0.15) is 23.7 Å². The second-order valence-corrected chi connectivity index (χ2v) is 10.5. The first-order valence-electron chi connectivity index (χ1n) is 10.5. The largest absolute Gasteiger partial charge is 0.492 e. The number of benzene rings is 2. The Hall–Kier alpha value is -3.24. The number of hydrogen-bond donors (Lipinski definition) is 0. The zero-order chi connectivity index (χ0) is 23.4. The monoisotopic (exact) mass is 484 g/mol. The zero-order valence-electron chi connectivity index (χ0n) is 18.3. The van der Waals surface area contributed by atoms with E-state index in [9.17, 15) is 13.2 Å². The maximum absolute atomic E-state index is 13.5. The van der Waals surface area contributed by atoms with Crippen molar-refractivity contribution < 1.29 is 17.9 Å². The summed E-state index contributed by atoms with van der Waals surface area (Å²) < 4.78 is 32.2. The molecule has 33 heavy (non-hydrogen) atoms. The molecule has 0 aliphatic rings. The number of sulfone groups is 1. The van der Waals surface area contributed by atoms with E-state index in [0.29, 0.717) is 42.6 Å². The summed E-state index contributed by atoms with van der Waals surface area (Å²) in [4.78, 5) is 24.1. The number of thiazole rings is 1. The Kier molecular flexibility index (Phi) is 6.75. The lowest BCUT2D eigenvalue weighted by Gasteiger charge is -2.20. The summed E-state index contributed by atoms with van der Waals surface area (Å²) in [5, 5.41) is 0.569. The van der Waals surface area contributed by atoms with Crippen LogP contribution in [0, 0.1) is 0 Å². The minimum absolute atomic E-state index is 0.173. The molecule has 4 aromatic rings. The van der Waals surface area contributed by atoms with Crippen LogP contribution < -0.4 is 9.64 Å². The normalized spacial score (nSPS) is 11.6. The number of aryl methyl sites for hydroxylation is 1. The van der Waals surface area contributed by atoms with Crippen LogP contribution in [0.2, 0.25) is 0 Å². The average Bonchev–Trinajstić information content (AvgIpc) is 3.46. The molecule has 1 amide bonds. The summed E-state index contributed by atoms with van der Waals surface area (Å²) in [5.41, 5.74) is 1.12. The highest BCUT2D eigenvalue weighted by molar-refractivity contribution is 7.90. The van der Waals surface area contributed by atoms with Crippen molar-refractivity contribution in [1.29, 1.82) is 0 Å². The summed E-state index contributed by atoms with van der Waals surface area (Å²) in [5.74, 6) is 0.443. The molecule has 0 spiro atoms. The van der Waals surface area contributed by atoms with Crippen molar-refractivity contribution in [1.82, 2.24) is 14.5 Å². The van der Waals surface area contributed by atoms with Gasteiger partial charge in [0.1, 0.15) is 11.3 Å². The highest BCUT2D eigenvalue weighted by Crippen LogP contribution is 2.35. The minimum atomic E-state index is -3.34. The van der Waals surface area contributed by atoms with Gasteiger partial charge in [0, 0.05) is 37.3 Å². The van der Waals surface area contributed by atoms with Gasteiger partial charge in [0.2, 0.25) is 0 Å². The molecule has 0 N–H and O–H groups in total. The van der Waals surface area contributed by atoms with Crippen molar-refractivity contribution in [3.63, 3.8) is 0 Å². The third-order valence-corrected chi connectivity index (χ3v) is 7.21. The van der Waals surface area contributed by atoms with E-state index in [-0.39, 0.29) is 10.8 Å². The fourth-order valence-corrected chi connectivity index (χ4v) is 5.05. The molecule has 0 fully saturated rings. The molecule has 0 radical (unpaired) electrons. The number of ether oxygens (including phenoxy) is 1. The smallest absolute Gasteiger partial charge is 0.260 e. The van der Waals surface area contributed by atoms with Crippen molar-refractivity contribution in [2.75, 3.05) is 24.3 Å². The summed E-state index contributed by atoms with van der Waals surface area (Å²) in [7, 11) is -3.34. The summed E-state index contributed by atoms with van der Waals surface area (Å²) in [6, 6.07) is 11.7. The summed E-state index contributed by atoms with van der Waals surface area (Å²) in [6.45, 7) is 3.57. The zero-order valence-corrected chi connectivity index (χ0v) is 20.0. The molecule has 0 aliphatic carbocycles. The molecule has 172 valence electrons. The number of carbonyl (C=O) groups is 1. The lowest BCUT2D eigenvalue weighted by molar-refractivity contribution is 0.0986. The van der Waals surface area contributed by atoms with Gasteiger partial charge in [-0.15, -0.1) is 0 Å². The Balaban J connectivity index is 1.66. The van der Waals surface area contributed by atoms with Crippen molar-refractivity contribution in [2.45, 2.75) is 24.8 Å². The number of carbonyl (C=O) groups excluding carboxylic acids is 1. The summed E-state index contributed by atoms with van der Waals surface area (Å²) in [6.07, 6.45) is 7.17. The first kappa shape index (κ1) is 22.9. The second kappa shape index (κ2) is 9.72. The second-order valence-electron chi connectivity index (χ2n) is 7.44. The standard InChI is InChI=1S/C23H24N4O4S2/c1-3-31-19-6-4-7-20-21(19)25-23(32-20)27(14-5-13-26-15-12-24-16-26)22(28)17-8-10-18(11-9-17)33(2,29)30/h4,6-12,15-16H,3,5,13-14H2,1-2H3. The van der Waals surface area contributed by atoms with E-state index in [4.69, 9.17) is 9.72 Å². The number of nitrogens with zero attached hydrogens (tertiary/aromatic N) is 4. The van der Waals surface area contributed by atoms with Crippen molar-refractivity contribution in [2.24, 2.45) is 0 Å². The van der Waals surface area contributed by atoms with E-state index in [1.54, 1.807) is 29.6 Å². The number of fused-ring (bicyclic) bond motifs is 1. The Morgan fingerprint density at radius 3 is 2.64 bits per heavy atom. The molecule has 0 aliphatic heterocycles. The quantitative estimate of drug-likeness (QED) is 0.356. The molecule has 0 saturated carbocycles. The predicted octanol–water partition coefficient (Wildman–Crippen LogP) is 4.03. The van der Waals surface area contributed by atoms with Crippen molar-refractivity contribution >= 4 is 42.4 Å². The van der Waals surface area contributed by atoms with Gasteiger partial charge >= 0.3 is 0 Å². The molecular weight excluding hydrogens is 460 g/mol. The first-order chi connectivity index (χ1) is 15.9. The minimum Gasteiger partial charge on any atom is -0.492 e. The van der Waals surface area contributed by atoms with Crippen LogP contribution in [-0.4, -0.2) is 48.3 Å². The number of aromatic nitrogens is 3. The van der Waals surface area contributed by atoms with E-state index in [2.05, 4.69) is 4.98 Å².